The fourth-order valence-corrected chi connectivity index (χ4v) is 5.76. The van der Waals surface area contributed by atoms with E-state index >= 15 is 0 Å². The van der Waals surface area contributed by atoms with Gasteiger partial charge in [-0.25, -0.2) is 13.1 Å². The molecule has 1 aliphatic rings. The first kappa shape index (κ1) is 27.2. The van der Waals surface area contributed by atoms with Crippen LogP contribution < -0.4 is 10.0 Å². The number of nitrogens with one attached hydrogen (secondary N) is 2. The molecule has 1 fully saturated rings. The minimum absolute atomic E-state index is 0.133. The maximum Gasteiger partial charge on any atom is 0.307 e. The van der Waals surface area contributed by atoms with Crippen molar-refractivity contribution in [2.45, 2.75) is 56.8 Å². The first-order chi connectivity index (χ1) is 16.7. The number of carbonyl (C=O) groups is 2. The number of amides is 1. The highest BCUT2D eigenvalue weighted by Gasteiger charge is 2.35. The fourth-order valence-electron chi connectivity index (χ4n) is 4.48. The Morgan fingerprint density at radius 1 is 1.00 bits per heavy atom. The molecule has 0 radical (unpaired) electrons. The van der Waals surface area contributed by atoms with Crippen LogP contribution in [0.4, 0.5) is 0 Å². The number of sulfonamides is 1. The predicted molar refractivity (Wildman–Crippen MR) is 136 cm³/mol. The Morgan fingerprint density at radius 3 is 2.26 bits per heavy atom. The van der Waals surface area contributed by atoms with Crippen molar-refractivity contribution in [2.24, 2.45) is 5.41 Å². The van der Waals surface area contributed by atoms with Crippen LogP contribution in [0.3, 0.4) is 0 Å². The zero-order chi connectivity index (χ0) is 25.3. The maximum atomic E-state index is 12.8. The van der Waals surface area contributed by atoms with Crippen LogP contribution in [0.25, 0.3) is 0 Å². The van der Waals surface area contributed by atoms with Crippen molar-refractivity contribution in [3.05, 3.63) is 64.7 Å². The molecule has 9 heteroatoms. The van der Waals surface area contributed by atoms with Gasteiger partial charge in [-0.3, -0.25) is 9.59 Å². The van der Waals surface area contributed by atoms with Crippen LogP contribution in [-0.4, -0.2) is 40.0 Å². The number of esters is 1. The zero-order valence-corrected chi connectivity index (χ0v) is 21.6. The third-order valence-electron chi connectivity index (χ3n) is 6.35. The number of hydrogen-bond acceptors (Lipinski definition) is 5. The summed E-state index contributed by atoms with van der Waals surface area (Å²) in [5.41, 5.74) is 1.86. The summed E-state index contributed by atoms with van der Waals surface area (Å²) >= 11 is 5.88. The van der Waals surface area contributed by atoms with Gasteiger partial charge in [-0.05, 0) is 67.0 Å². The molecular formula is C26H33ClN2O5S. The highest BCUT2D eigenvalue weighted by molar-refractivity contribution is 7.89. The monoisotopic (exact) mass is 520 g/mol. The van der Waals surface area contributed by atoms with Gasteiger partial charge in [0.2, 0.25) is 15.9 Å². The first-order valence-corrected chi connectivity index (χ1v) is 13.8. The van der Waals surface area contributed by atoms with Gasteiger partial charge in [0.25, 0.3) is 0 Å². The predicted octanol–water partition coefficient (Wildman–Crippen LogP) is 4.03. The van der Waals surface area contributed by atoms with Crippen LogP contribution in [0.1, 0.15) is 50.2 Å². The van der Waals surface area contributed by atoms with Crippen LogP contribution in [0.5, 0.6) is 0 Å². The van der Waals surface area contributed by atoms with Crippen LogP contribution in [0.2, 0.25) is 5.02 Å². The number of benzene rings is 2. The number of halogens is 1. The largest absolute Gasteiger partial charge is 0.466 e. The van der Waals surface area contributed by atoms with Crippen molar-refractivity contribution >= 4 is 33.5 Å². The van der Waals surface area contributed by atoms with E-state index in [4.69, 9.17) is 16.3 Å². The second kappa shape index (κ2) is 12.5. The molecule has 0 aliphatic heterocycles. The summed E-state index contributed by atoms with van der Waals surface area (Å²) in [5.74, 6) is -0.473. The number of hydrogen-bond donors (Lipinski definition) is 2. The maximum absolute atomic E-state index is 12.8. The molecule has 1 saturated carbocycles. The van der Waals surface area contributed by atoms with Gasteiger partial charge in [-0.1, -0.05) is 48.7 Å². The summed E-state index contributed by atoms with van der Waals surface area (Å²) in [4.78, 5) is 23.7. The molecule has 35 heavy (non-hydrogen) atoms. The minimum atomic E-state index is -3.61. The fraction of sp³-hybridized carbons (Fsp3) is 0.462. The lowest BCUT2D eigenvalue weighted by Gasteiger charge is -2.29. The van der Waals surface area contributed by atoms with Crippen LogP contribution >= 0.6 is 11.6 Å². The molecular weight excluding hydrogens is 488 g/mol. The number of ether oxygens (including phenoxy) is 1. The lowest BCUT2D eigenvalue weighted by molar-refractivity contribution is -0.143. The molecule has 1 aliphatic carbocycles. The van der Waals surface area contributed by atoms with E-state index in [9.17, 15) is 18.0 Å². The normalized spacial score (nSPS) is 15.0. The number of carbonyl (C=O) groups excluding carboxylic acids is 2. The lowest BCUT2D eigenvalue weighted by atomic mass is 9.80. The lowest BCUT2D eigenvalue weighted by Crippen LogP contribution is -2.37. The third-order valence-corrected chi connectivity index (χ3v) is 8.02. The van der Waals surface area contributed by atoms with E-state index in [1.165, 1.54) is 12.1 Å². The molecule has 2 aromatic rings. The molecule has 0 unspecified atom stereocenters. The van der Waals surface area contributed by atoms with Crippen LogP contribution in [0, 0.1) is 5.41 Å². The molecule has 0 saturated heterocycles. The molecule has 7 nitrogen and oxygen atoms in total. The Hall–Kier alpha value is -2.42. The quantitative estimate of drug-likeness (QED) is 0.411. The van der Waals surface area contributed by atoms with Gasteiger partial charge in [-0.15, -0.1) is 0 Å². The van der Waals surface area contributed by atoms with Gasteiger partial charge in [-0.2, -0.15) is 0 Å². The van der Waals surface area contributed by atoms with Crippen molar-refractivity contribution < 1.29 is 22.7 Å². The van der Waals surface area contributed by atoms with E-state index in [1.54, 1.807) is 19.1 Å². The molecule has 0 spiro atoms. The Kier molecular flexibility index (Phi) is 9.71. The summed E-state index contributed by atoms with van der Waals surface area (Å²) in [6, 6.07) is 14.0. The Bertz CT molecular complexity index is 1100. The second-order valence-electron chi connectivity index (χ2n) is 9.06. The second-order valence-corrected chi connectivity index (χ2v) is 11.3. The summed E-state index contributed by atoms with van der Waals surface area (Å²) in [5, 5.41) is 3.23. The van der Waals surface area contributed by atoms with E-state index < -0.39 is 10.0 Å². The molecule has 0 aromatic heterocycles. The summed E-state index contributed by atoms with van der Waals surface area (Å²) in [7, 11) is -3.61. The van der Waals surface area contributed by atoms with E-state index in [0.29, 0.717) is 18.2 Å². The standard InChI is InChI=1S/C26H33ClN2O5S/c1-2-34-25(31)13-16-28-24(30)17-20-5-7-21(8-6-20)18-26(14-3-4-15-26)19-29-35(32,33)23-11-9-22(27)10-12-23/h5-12,29H,2-4,13-19H2,1H3,(H,28,30). The van der Waals surface area contributed by atoms with Gasteiger partial charge in [0.15, 0.2) is 0 Å². The van der Waals surface area contributed by atoms with E-state index in [2.05, 4.69) is 10.0 Å². The molecule has 190 valence electrons. The molecule has 2 N–H and O–H groups in total. The molecule has 0 heterocycles. The van der Waals surface area contributed by atoms with Crippen molar-refractivity contribution in [3.63, 3.8) is 0 Å². The summed E-state index contributed by atoms with van der Waals surface area (Å²) < 4.78 is 33.2. The Morgan fingerprint density at radius 2 is 1.63 bits per heavy atom. The highest BCUT2D eigenvalue weighted by atomic mass is 35.5. The number of rotatable bonds is 12. The molecule has 1 amide bonds. The third kappa shape index (κ3) is 8.33. The van der Waals surface area contributed by atoms with Crippen molar-refractivity contribution in [1.29, 1.82) is 0 Å². The average molecular weight is 521 g/mol. The van der Waals surface area contributed by atoms with E-state index in [0.717, 1.165) is 43.2 Å². The van der Waals surface area contributed by atoms with Crippen molar-refractivity contribution in [3.8, 4) is 0 Å². The van der Waals surface area contributed by atoms with E-state index in [-0.39, 0.29) is 41.6 Å². The molecule has 0 atom stereocenters. The average Bonchev–Trinajstić information content (AvgIpc) is 3.28. The Labute approximate surface area is 212 Å². The first-order valence-electron chi connectivity index (χ1n) is 12.0. The SMILES string of the molecule is CCOC(=O)CCNC(=O)Cc1ccc(CC2(CNS(=O)(=O)c3ccc(Cl)cc3)CCCC2)cc1. The van der Waals surface area contributed by atoms with Gasteiger partial charge in [0, 0.05) is 18.1 Å². The zero-order valence-electron chi connectivity index (χ0n) is 20.0. The van der Waals surface area contributed by atoms with Gasteiger partial charge in [0.05, 0.1) is 24.3 Å². The molecule has 3 rings (SSSR count). The van der Waals surface area contributed by atoms with Crippen LogP contribution in [-0.2, 0) is 37.2 Å². The summed E-state index contributed by atoms with van der Waals surface area (Å²) in [6.07, 6.45) is 5.22. The molecule has 2 aromatic carbocycles. The van der Waals surface area contributed by atoms with Crippen molar-refractivity contribution in [2.75, 3.05) is 19.7 Å². The molecule has 0 bridgehead atoms. The summed E-state index contributed by atoms with van der Waals surface area (Å²) in [6.45, 7) is 2.70. The van der Waals surface area contributed by atoms with Crippen LogP contribution in [0.15, 0.2) is 53.4 Å². The van der Waals surface area contributed by atoms with Gasteiger partial charge >= 0.3 is 5.97 Å². The minimum Gasteiger partial charge on any atom is -0.466 e. The Balaban J connectivity index is 1.54. The topological polar surface area (TPSA) is 102 Å². The van der Waals surface area contributed by atoms with Crippen molar-refractivity contribution in [1.82, 2.24) is 10.0 Å². The smallest absolute Gasteiger partial charge is 0.307 e. The highest BCUT2D eigenvalue weighted by Crippen LogP contribution is 2.40. The van der Waals surface area contributed by atoms with E-state index in [1.807, 2.05) is 24.3 Å². The van der Waals surface area contributed by atoms with Gasteiger partial charge < -0.3 is 10.1 Å². The van der Waals surface area contributed by atoms with Gasteiger partial charge in [0.1, 0.15) is 0 Å².